The monoisotopic (exact) mass is 348 g/mol. The number of amides is 1. The fourth-order valence-electron chi connectivity index (χ4n) is 1.37. The van der Waals surface area contributed by atoms with Crippen LogP contribution in [0, 0.1) is 0 Å². The van der Waals surface area contributed by atoms with E-state index in [-0.39, 0.29) is 11.9 Å². The van der Waals surface area contributed by atoms with Crippen molar-refractivity contribution in [2.24, 2.45) is 5.73 Å². The summed E-state index contributed by atoms with van der Waals surface area (Å²) >= 11 is 6.79. The van der Waals surface area contributed by atoms with E-state index in [9.17, 15) is 4.79 Å². The maximum absolute atomic E-state index is 11.4. The minimum absolute atomic E-state index is 0.194. The van der Waals surface area contributed by atoms with E-state index in [0.29, 0.717) is 0 Å². The maximum Gasteiger partial charge on any atom is 0.239 e. The number of hydrogen-bond donors (Lipinski definition) is 2. The van der Waals surface area contributed by atoms with Crippen LogP contribution in [-0.2, 0) is 4.79 Å². The van der Waals surface area contributed by atoms with Gasteiger partial charge in [-0.05, 0) is 63.4 Å². The molecule has 3 N–H and O–H groups in total. The zero-order chi connectivity index (χ0) is 12.3. The van der Waals surface area contributed by atoms with Crippen molar-refractivity contribution in [2.75, 3.05) is 0 Å². The summed E-state index contributed by atoms with van der Waals surface area (Å²) in [5.74, 6) is -0.372. The maximum atomic E-state index is 11.4. The zero-order valence-corrected chi connectivity index (χ0v) is 12.3. The Kier molecular flexibility index (Phi) is 4.95. The van der Waals surface area contributed by atoms with Gasteiger partial charge < -0.3 is 5.73 Å². The number of benzene rings is 1. The first-order valence-electron chi connectivity index (χ1n) is 4.92. The van der Waals surface area contributed by atoms with Gasteiger partial charge in [-0.2, -0.15) is 0 Å². The van der Waals surface area contributed by atoms with Crippen molar-refractivity contribution in [3.8, 4) is 0 Å². The third-order valence-electron chi connectivity index (χ3n) is 2.06. The zero-order valence-electron chi connectivity index (χ0n) is 9.13. The fraction of sp³-hybridized carbons (Fsp3) is 0.364. The molecule has 0 bridgehead atoms. The molecule has 0 saturated heterocycles. The first-order chi connectivity index (χ1) is 7.41. The van der Waals surface area contributed by atoms with Gasteiger partial charge in [0.2, 0.25) is 5.91 Å². The Morgan fingerprint density at radius 1 is 1.31 bits per heavy atom. The smallest absolute Gasteiger partial charge is 0.239 e. The summed E-state index contributed by atoms with van der Waals surface area (Å²) in [6, 6.07) is 5.38. The van der Waals surface area contributed by atoms with Gasteiger partial charge in [-0.1, -0.05) is 6.07 Å². The predicted octanol–water partition coefficient (Wildman–Crippen LogP) is 2.74. The van der Waals surface area contributed by atoms with Crippen LogP contribution in [0.1, 0.15) is 25.5 Å². The molecule has 5 heteroatoms. The molecule has 0 aliphatic carbocycles. The van der Waals surface area contributed by atoms with Gasteiger partial charge in [0, 0.05) is 15.0 Å². The van der Waals surface area contributed by atoms with Gasteiger partial charge >= 0.3 is 0 Å². The Morgan fingerprint density at radius 2 is 1.94 bits per heavy atom. The van der Waals surface area contributed by atoms with Crippen molar-refractivity contribution >= 4 is 37.8 Å². The molecule has 1 rings (SSSR count). The molecule has 0 fully saturated rings. The molecular formula is C11H14Br2N2O. The number of halogens is 2. The van der Waals surface area contributed by atoms with Crippen LogP contribution in [0.4, 0.5) is 0 Å². The van der Waals surface area contributed by atoms with Crippen LogP contribution in [0.5, 0.6) is 0 Å². The number of nitrogens with one attached hydrogen (secondary N) is 1. The minimum atomic E-state index is -0.454. The molecule has 0 aliphatic heterocycles. The standard InChI is InChI=1S/C11H14Br2N2O/c1-6(2)15-10(11(14)16)7-3-4-8(12)9(13)5-7/h3-6,10,15H,1-2H3,(H2,14,16). The number of carbonyl (C=O) groups excluding carboxylic acids is 1. The van der Waals surface area contributed by atoms with Crippen molar-refractivity contribution in [3.05, 3.63) is 32.7 Å². The summed E-state index contributed by atoms with van der Waals surface area (Å²) in [6.07, 6.45) is 0. The lowest BCUT2D eigenvalue weighted by atomic mass is 10.1. The van der Waals surface area contributed by atoms with Gasteiger partial charge in [0.05, 0.1) is 0 Å². The van der Waals surface area contributed by atoms with E-state index in [2.05, 4.69) is 37.2 Å². The Hall–Kier alpha value is -0.390. The second kappa shape index (κ2) is 5.80. The second-order valence-corrected chi connectivity index (χ2v) is 5.54. The SMILES string of the molecule is CC(C)NC(C(N)=O)c1ccc(Br)c(Br)c1. The molecule has 1 aromatic rings. The van der Waals surface area contributed by atoms with Gasteiger partial charge in [-0.25, -0.2) is 0 Å². The highest BCUT2D eigenvalue weighted by Gasteiger charge is 2.18. The van der Waals surface area contributed by atoms with Crippen LogP contribution < -0.4 is 11.1 Å². The highest BCUT2D eigenvalue weighted by Crippen LogP contribution is 2.26. The lowest BCUT2D eigenvalue weighted by Crippen LogP contribution is -2.37. The molecule has 3 nitrogen and oxygen atoms in total. The van der Waals surface area contributed by atoms with Gasteiger partial charge in [0.25, 0.3) is 0 Å². The summed E-state index contributed by atoms with van der Waals surface area (Å²) in [7, 11) is 0. The van der Waals surface area contributed by atoms with E-state index < -0.39 is 6.04 Å². The number of primary amides is 1. The number of nitrogens with two attached hydrogens (primary N) is 1. The third kappa shape index (κ3) is 3.57. The van der Waals surface area contributed by atoms with Crippen molar-refractivity contribution in [3.63, 3.8) is 0 Å². The van der Waals surface area contributed by atoms with E-state index in [0.717, 1.165) is 14.5 Å². The van der Waals surface area contributed by atoms with Gasteiger partial charge in [0.15, 0.2) is 0 Å². The number of rotatable bonds is 4. The van der Waals surface area contributed by atoms with Crippen LogP contribution in [0.2, 0.25) is 0 Å². The molecule has 1 aromatic carbocycles. The van der Waals surface area contributed by atoms with E-state index >= 15 is 0 Å². The van der Waals surface area contributed by atoms with Gasteiger partial charge in [0.1, 0.15) is 6.04 Å². The average molecular weight is 350 g/mol. The molecule has 0 spiro atoms. The molecular weight excluding hydrogens is 336 g/mol. The summed E-state index contributed by atoms with van der Waals surface area (Å²) in [6.45, 7) is 3.95. The Morgan fingerprint density at radius 3 is 2.38 bits per heavy atom. The predicted molar refractivity (Wildman–Crippen MR) is 72.0 cm³/mol. The van der Waals surface area contributed by atoms with Crippen molar-refractivity contribution in [2.45, 2.75) is 25.9 Å². The normalized spacial score (nSPS) is 12.8. The quantitative estimate of drug-likeness (QED) is 0.878. The van der Waals surface area contributed by atoms with Crippen LogP contribution >= 0.6 is 31.9 Å². The topological polar surface area (TPSA) is 55.1 Å². The third-order valence-corrected chi connectivity index (χ3v) is 3.94. The summed E-state index contributed by atoms with van der Waals surface area (Å²) in [4.78, 5) is 11.4. The molecule has 16 heavy (non-hydrogen) atoms. The molecule has 88 valence electrons. The summed E-state index contributed by atoms with van der Waals surface area (Å²) < 4.78 is 1.85. The highest BCUT2D eigenvalue weighted by atomic mass is 79.9. The molecule has 1 amide bonds. The fourth-order valence-corrected chi connectivity index (χ4v) is 2.01. The first kappa shape index (κ1) is 13.7. The summed E-state index contributed by atoms with van der Waals surface area (Å²) in [5.41, 5.74) is 6.23. The molecule has 1 atom stereocenters. The second-order valence-electron chi connectivity index (χ2n) is 3.83. The Balaban J connectivity index is 3.01. The van der Waals surface area contributed by atoms with E-state index in [1.807, 2.05) is 32.0 Å². The molecule has 0 aromatic heterocycles. The molecule has 0 aliphatic rings. The minimum Gasteiger partial charge on any atom is -0.368 e. The Labute approximate surface area is 112 Å². The number of carbonyl (C=O) groups is 1. The van der Waals surface area contributed by atoms with Crippen LogP contribution in [-0.4, -0.2) is 11.9 Å². The highest BCUT2D eigenvalue weighted by molar-refractivity contribution is 9.13. The largest absolute Gasteiger partial charge is 0.368 e. The first-order valence-corrected chi connectivity index (χ1v) is 6.50. The lowest BCUT2D eigenvalue weighted by Gasteiger charge is -2.19. The van der Waals surface area contributed by atoms with Gasteiger partial charge in [-0.3, -0.25) is 10.1 Å². The van der Waals surface area contributed by atoms with Crippen LogP contribution in [0.3, 0.4) is 0 Å². The van der Waals surface area contributed by atoms with E-state index in [4.69, 9.17) is 5.73 Å². The van der Waals surface area contributed by atoms with Crippen LogP contribution in [0.15, 0.2) is 27.1 Å². The molecule has 1 unspecified atom stereocenters. The molecule has 0 saturated carbocycles. The van der Waals surface area contributed by atoms with E-state index in [1.165, 1.54) is 0 Å². The number of hydrogen-bond acceptors (Lipinski definition) is 2. The molecule has 0 radical (unpaired) electrons. The van der Waals surface area contributed by atoms with Crippen molar-refractivity contribution < 1.29 is 4.79 Å². The molecule has 0 heterocycles. The van der Waals surface area contributed by atoms with Crippen molar-refractivity contribution in [1.29, 1.82) is 0 Å². The lowest BCUT2D eigenvalue weighted by molar-refractivity contribution is -0.120. The summed E-state index contributed by atoms with van der Waals surface area (Å²) in [5, 5.41) is 3.13. The van der Waals surface area contributed by atoms with Crippen LogP contribution in [0.25, 0.3) is 0 Å². The average Bonchev–Trinajstić information content (AvgIpc) is 2.18. The van der Waals surface area contributed by atoms with Crippen molar-refractivity contribution in [1.82, 2.24) is 5.32 Å². The van der Waals surface area contributed by atoms with E-state index in [1.54, 1.807) is 0 Å². The Bertz CT molecular complexity index is 394. The van der Waals surface area contributed by atoms with Gasteiger partial charge in [-0.15, -0.1) is 0 Å².